The van der Waals surface area contributed by atoms with Gasteiger partial charge in [0.15, 0.2) is 0 Å². The number of halogens is 1. The van der Waals surface area contributed by atoms with Gasteiger partial charge >= 0.3 is 6.09 Å². The van der Waals surface area contributed by atoms with E-state index in [9.17, 15) is 10.1 Å². The number of ether oxygens (including phenoxy) is 1. The van der Waals surface area contributed by atoms with E-state index in [2.05, 4.69) is 27.3 Å². The topological polar surface area (TPSA) is 65.4 Å². The highest BCUT2D eigenvalue weighted by Gasteiger charge is 2.32. The number of rotatable bonds is 3. The summed E-state index contributed by atoms with van der Waals surface area (Å²) >= 11 is 3.41. The van der Waals surface area contributed by atoms with Crippen LogP contribution in [0.5, 0.6) is 0 Å². The van der Waals surface area contributed by atoms with Crippen molar-refractivity contribution in [3.63, 3.8) is 0 Å². The number of nitriles is 1. The number of likely N-dealkylation sites (tertiary alicyclic amines) is 1. The van der Waals surface area contributed by atoms with Crippen molar-refractivity contribution in [2.45, 2.75) is 45.3 Å². The van der Waals surface area contributed by atoms with Crippen LogP contribution in [0.2, 0.25) is 0 Å². The average Bonchev–Trinajstić information content (AvgIpc) is 2.92. The minimum Gasteiger partial charge on any atom is -0.444 e. The molecule has 1 amide bonds. The molecule has 0 aromatic heterocycles. The van der Waals surface area contributed by atoms with Crippen LogP contribution in [0.4, 0.5) is 10.5 Å². The number of hydrogen-bond acceptors (Lipinski definition) is 4. The van der Waals surface area contributed by atoms with Crippen molar-refractivity contribution < 1.29 is 9.53 Å². The number of anilines is 1. The quantitative estimate of drug-likeness (QED) is 0.856. The van der Waals surface area contributed by atoms with E-state index in [1.165, 1.54) is 0 Å². The van der Waals surface area contributed by atoms with Gasteiger partial charge in [-0.15, -0.1) is 0 Å². The maximum absolute atomic E-state index is 12.3. The largest absolute Gasteiger partial charge is 0.444 e. The van der Waals surface area contributed by atoms with Crippen molar-refractivity contribution in [3.8, 4) is 6.07 Å². The van der Waals surface area contributed by atoms with E-state index in [-0.39, 0.29) is 12.1 Å². The molecular weight excluding hydrogens is 358 g/mol. The second-order valence-electron chi connectivity index (χ2n) is 6.65. The van der Waals surface area contributed by atoms with Gasteiger partial charge in [-0.05, 0) is 51.8 Å². The molecule has 2 rings (SSSR count). The highest BCUT2D eigenvalue weighted by molar-refractivity contribution is 9.10. The van der Waals surface area contributed by atoms with E-state index in [0.29, 0.717) is 18.7 Å². The minimum absolute atomic E-state index is 0.0791. The van der Waals surface area contributed by atoms with Gasteiger partial charge in [-0.25, -0.2) is 4.79 Å². The summed E-state index contributed by atoms with van der Waals surface area (Å²) in [6, 6.07) is 7.74. The van der Waals surface area contributed by atoms with Crippen molar-refractivity contribution in [1.29, 1.82) is 5.26 Å². The third kappa shape index (κ3) is 4.87. The average molecular weight is 380 g/mol. The van der Waals surface area contributed by atoms with E-state index >= 15 is 0 Å². The predicted octanol–water partition coefficient (Wildman–Crippen LogP) is 4.13. The zero-order valence-corrected chi connectivity index (χ0v) is 15.3. The number of benzene rings is 1. The fraction of sp³-hybridized carbons (Fsp3) is 0.529. The number of nitrogens with one attached hydrogen (secondary N) is 1. The summed E-state index contributed by atoms with van der Waals surface area (Å²) in [5.41, 5.74) is 0.878. The molecule has 0 radical (unpaired) electrons. The highest BCUT2D eigenvalue weighted by Crippen LogP contribution is 2.24. The van der Waals surface area contributed by atoms with Crippen LogP contribution in [0, 0.1) is 11.3 Å². The molecule has 1 aromatic rings. The minimum atomic E-state index is -0.490. The van der Waals surface area contributed by atoms with Gasteiger partial charge in [0.1, 0.15) is 11.7 Å². The fourth-order valence-electron chi connectivity index (χ4n) is 2.60. The molecule has 0 aliphatic carbocycles. The maximum Gasteiger partial charge on any atom is 0.410 e. The van der Waals surface area contributed by atoms with Crippen molar-refractivity contribution in [3.05, 3.63) is 28.2 Å². The third-order valence-corrected chi connectivity index (χ3v) is 4.13. The first-order valence-electron chi connectivity index (χ1n) is 7.73. The molecule has 1 heterocycles. The lowest BCUT2D eigenvalue weighted by molar-refractivity contribution is 0.0235. The molecule has 5 nitrogen and oxygen atoms in total. The van der Waals surface area contributed by atoms with Gasteiger partial charge in [-0.1, -0.05) is 15.9 Å². The molecule has 124 valence electrons. The predicted molar refractivity (Wildman–Crippen MR) is 93.3 cm³/mol. The summed E-state index contributed by atoms with van der Waals surface area (Å²) in [5, 5.41) is 12.5. The molecule has 1 aliphatic rings. The second-order valence-corrected chi connectivity index (χ2v) is 7.57. The highest BCUT2D eigenvalue weighted by atomic mass is 79.9. The van der Waals surface area contributed by atoms with Crippen LogP contribution in [0.1, 0.15) is 39.2 Å². The van der Waals surface area contributed by atoms with E-state index in [0.717, 1.165) is 23.0 Å². The number of nitrogens with zero attached hydrogens (tertiary/aromatic N) is 2. The van der Waals surface area contributed by atoms with Gasteiger partial charge in [-0.2, -0.15) is 5.26 Å². The Balaban J connectivity index is 2.01. The second kappa shape index (κ2) is 7.22. The van der Waals surface area contributed by atoms with Crippen LogP contribution in [-0.4, -0.2) is 35.7 Å². The van der Waals surface area contributed by atoms with Gasteiger partial charge < -0.3 is 15.0 Å². The molecule has 0 spiro atoms. The standard InChI is InChI=1S/C17H22BrN3O2/c1-17(2,3)23-16(22)21-8-4-5-14(21)11-20-15-9-13(18)7-6-12(15)10-19/h6-7,9,14,20H,4-5,8,11H2,1-3H3. The molecule has 1 fully saturated rings. The lowest BCUT2D eigenvalue weighted by atomic mass is 10.1. The Morgan fingerprint density at radius 2 is 2.26 bits per heavy atom. The van der Waals surface area contributed by atoms with Gasteiger partial charge in [-0.3, -0.25) is 0 Å². The molecule has 1 aromatic carbocycles. The van der Waals surface area contributed by atoms with Crippen molar-refractivity contribution in [2.75, 3.05) is 18.4 Å². The first-order chi connectivity index (χ1) is 10.8. The van der Waals surface area contributed by atoms with Crippen LogP contribution >= 0.6 is 15.9 Å². The van der Waals surface area contributed by atoms with E-state index in [1.54, 1.807) is 11.0 Å². The number of carbonyl (C=O) groups is 1. The first-order valence-corrected chi connectivity index (χ1v) is 8.52. The van der Waals surface area contributed by atoms with Gasteiger partial charge in [0, 0.05) is 17.6 Å². The molecule has 0 saturated carbocycles. The zero-order chi connectivity index (χ0) is 17.0. The summed E-state index contributed by atoms with van der Waals surface area (Å²) < 4.78 is 6.38. The Morgan fingerprint density at radius 1 is 1.52 bits per heavy atom. The SMILES string of the molecule is CC(C)(C)OC(=O)N1CCCC1CNc1cc(Br)ccc1C#N. The Hall–Kier alpha value is -1.74. The Bertz CT molecular complexity index is 619. The van der Waals surface area contributed by atoms with Crippen LogP contribution in [0.3, 0.4) is 0 Å². The first kappa shape index (κ1) is 17.6. The Morgan fingerprint density at radius 3 is 2.91 bits per heavy atom. The Labute approximate surface area is 145 Å². The van der Waals surface area contributed by atoms with Crippen LogP contribution in [0.25, 0.3) is 0 Å². The number of carbonyl (C=O) groups excluding carboxylic acids is 1. The van der Waals surface area contributed by atoms with Crippen molar-refractivity contribution >= 4 is 27.7 Å². The molecule has 1 atom stereocenters. The van der Waals surface area contributed by atoms with Crippen molar-refractivity contribution in [2.24, 2.45) is 0 Å². The summed E-state index contributed by atoms with van der Waals surface area (Å²) in [6.45, 7) is 6.92. The molecule has 0 bridgehead atoms. The molecule has 1 N–H and O–H groups in total. The van der Waals surface area contributed by atoms with Crippen molar-refractivity contribution in [1.82, 2.24) is 4.90 Å². The lowest BCUT2D eigenvalue weighted by Crippen LogP contribution is -2.42. The van der Waals surface area contributed by atoms with Gasteiger partial charge in [0.2, 0.25) is 0 Å². The summed E-state index contributed by atoms with van der Waals surface area (Å²) in [6.07, 6.45) is 1.63. The van der Waals surface area contributed by atoms with Crippen LogP contribution in [0.15, 0.2) is 22.7 Å². The van der Waals surface area contributed by atoms with E-state index in [4.69, 9.17) is 4.74 Å². The smallest absolute Gasteiger partial charge is 0.410 e. The van der Waals surface area contributed by atoms with Gasteiger partial charge in [0.05, 0.1) is 17.3 Å². The molecule has 1 saturated heterocycles. The van der Waals surface area contributed by atoms with E-state index < -0.39 is 5.60 Å². The van der Waals surface area contributed by atoms with Gasteiger partial charge in [0.25, 0.3) is 0 Å². The zero-order valence-electron chi connectivity index (χ0n) is 13.7. The molecule has 1 unspecified atom stereocenters. The monoisotopic (exact) mass is 379 g/mol. The van der Waals surface area contributed by atoms with Crippen LogP contribution < -0.4 is 5.32 Å². The fourth-order valence-corrected chi connectivity index (χ4v) is 2.96. The summed E-state index contributed by atoms with van der Waals surface area (Å²) in [5.74, 6) is 0. The third-order valence-electron chi connectivity index (χ3n) is 3.64. The Kier molecular flexibility index (Phi) is 5.53. The molecule has 6 heteroatoms. The van der Waals surface area contributed by atoms with E-state index in [1.807, 2.05) is 32.9 Å². The number of hydrogen-bond donors (Lipinski definition) is 1. The summed E-state index contributed by atoms with van der Waals surface area (Å²) in [7, 11) is 0. The number of amides is 1. The molecular formula is C17H22BrN3O2. The van der Waals surface area contributed by atoms with Crippen LogP contribution in [-0.2, 0) is 4.74 Å². The summed E-state index contributed by atoms with van der Waals surface area (Å²) in [4.78, 5) is 14.1. The normalized spacial score (nSPS) is 17.7. The maximum atomic E-state index is 12.3. The molecule has 23 heavy (non-hydrogen) atoms. The molecule has 1 aliphatic heterocycles. The lowest BCUT2D eigenvalue weighted by Gasteiger charge is -2.29.